The lowest BCUT2D eigenvalue weighted by Crippen LogP contribution is -2.37. The Hall–Kier alpha value is -2.18. The average Bonchev–Trinajstić information content (AvgIpc) is 2.78. The van der Waals surface area contributed by atoms with Gasteiger partial charge in [0.05, 0.1) is 10.5 Å². The van der Waals surface area contributed by atoms with Crippen molar-refractivity contribution in [1.29, 1.82) is 0 Å². The Bertz CT molecular complexity index is 561. The van der Waals surface area contributed by atoms with Crippen LogP contribution in [0.1, 0.15) is 37.0 Å². The van der Waals surface area contributed by atoms with Gasteiger partial charge in [0, 0.05) is 19.2 Å². The zero-order valence-corrected chi connectivity index (χ0v) is 12.4. The Morgan fingerprint density at radius 3 is 2.67 bits per heavy atom. The number of nitro groups is 1. The van der Waals surface area contributed by atoms with Crippen LogP contribution in [0.25, 0.3) is 0 Å². The molecule has 1 aromatic heterocycles. The third-order valence-corrected chi connectivity index (χ3v) is 4.35. The van der Waals surface area contributed by atoms with Gasteiger partial charge in [0.2, 0.25) is 0 Å². The van der Waals surface area contributed by atoms with Crippen LogP contribution in [0.2, 0.25) is 0 Å². The average molecular weight is 292 g/mol. The maximum absolute atomic E-state index is 12.4. The molecule has 1 aliphatic carbocycles. The number of hydrogen-bond donors (Lipinski definition) is 2. The van der Waals surface area contributed by atoms with E-state index >= 15 is 0 Å². The second-order valence-corrected chi connectivity index (χ2v) is 5.59. The van der Waals surface area contributed by atoms with Crippen LogP contribution < -0.4 is 10.6 Å². The smallest absolute Gasteiger partial charge is 0.288 e. The molecule has 2 rings (SSSR count). The second-order valence-electron chi connectivity index (χ2n) is 5.59. The van der Waals surface area contributed by atoms with Crippen molar-refractivity contribution < 1.29 is 9.72 Å². The normalized spacial score (nSPS) is 24.6. The Balaban J connectivity index is 2.21. The van der Waals surface area contributed by atoms with E-state index in [0.717, 1.165) is 19.0 Å². The highest BCUT2D eigenvalue weighted by Gasteiger charge is 2.31. The minimum Gasteiger partial charge on any atom is -0.372 e. The fourth-order valence-electron chi connectivity index (χ4n) is 2.74. The van der Waals surface area contributed by atoms with Crippen LogP contribution >= 0.6 is 0 Å². The molecule has 0 aromatic carbocycles. The van der Waals surface area contributed by atoms with Gasteiger partial charge in [0.1, 0.15) is 12.0 Å². The van der Waals surface area contributed by atoms with E-state index in [0.29, 0.717) is 17.7 Å². The van der Waals surface area contributed by atoms with Crippen LogP contribution in [0.3, 0.4) is 0 Å². The predicted octanol–water partition coefficient (Wildman–Crippen LogP) is 2.20. The first-order valence-corrected chi connectivity index (χ1v) is 7.07. The maximum atomic E-state index is 12.4. The van der Waals surface area contributed by atoms with E-state index in [9.17, 15) is 14.9 Å². The minimum atomic E-state index is -0.552. The fourth-order valence-corrected chi connectivity index (χ4v) is 2.74. The van der Waals surface area contributed by atoms with Gasteiger partial charge in [-0.3, -0.25) is 14.9 Å². The first-order valence-electron chi connectivity index (χ1n) is 7.07. The summed E-state index contributed by atoms with van der Waals surface area (Å²) in [5.74, 6) is 0.999. The van der Waals surface area contributed by atoms with Crippen LogP contribution in [0.5, 0.6) is 0 Å². The molecule has 2 N–H and O–H groups in total. The van der Waals surface area contributed by atoms with E-state index in [1.54, 1.807) is 7.05 Å². The van der Waals surface area contributed by atoms with Crippen molar-refractivity contribution >= 4 is 17.4 Å². The van der Waals surface area contributed by atoms with Crippen molar-refractivity contribution in [2.75, 3.05) is 12.4 Å². The molecule has 1 aliphatic rings. The molecular formula is C14H20N4O3. The Kier molecular flexibility index (Phi) is 4.40. The number of carbonyl (C=O) groups excluding carboxylic acids is 1. The van der Waals surface area contributed by atoms with E-state index in [2.05, 4.69) is 29.5 Å². The van der Waals surface area contributed by atoms with Gasteiger partial charge in [0.25, 0.3) is 11.6 Å². The van der Waals surface area contributed by atoms with Crippen molar-refractivity contribution in [3.05, 3.63) is 27.9 Å². The fraction of sp³-hybridized carbons (Fsp3) is 0.571. The zero-order chi connectivity index (χ0) is 15.6. The Labute approximate surface area is 123 Å². The standard InChI is InChI=1S/C14H20N4O3/c1-8-4-5-12(9(8)2)17-14(19)11-6-10(18(20)21)7-16-13(11)15-3/h6-9,12H,4-5H2,1-3H3,(H,15,16)(H,17,19). The molecule has 3 atom stereocenters. The summed E-state index contributed by atoms with van der Waals surface area (Å²) >= 11 is 0. The molecule has 3 unspecified atom stereocenters. The molecule has 0 bridgehead atoms. The number of rotatable bonds is 4. The van der Waals surface area contributed by atoms with Crippen LogP contribution in [0.15, 0.2) is 12.3 Å². The van der Waals surface area contributed by atoms with Gasteiger partial charge in [0.15, 0.2) is 0 Å². The second kappa shape index (κ2) is 6.07. The summed E-state index contributed by atoms with van der Waals surface area (Å²) in [6, 6.07) is 1.37. The van der Waals surface area contributed by atoms with Gasteiger partial charge in [-0.1, -0.05) is 13.8 Å². The van der Waals surface area contributed by atoms with Crippen molar-refractivity contribution in [2.45, 2.75) is 32.7 Å². The molecule has 0 spiro atoms. The predicted molar refractivity (Wildman–Crippen MR) is 79.3 cm³/mol. The summed E-state index contributed by atoms with van der Waals surface area (Å²) in [5, 5.41) is 16.6. The van der Waals surface area contributed by atoms with E-state index in [1.807, 2.05) is 0 Å². The van der Waals surface area contributed by atoms with E-state index < -0.39 is 4.92 Å². The lowest BCUT2D eigenvalue weighted by atomic mass is 9.97. The third kappa shape index (κ3) is 3.12. The molecule has 1 aromatic rings. The van der Waals surface area contributed by atoms with Gasteiger partial charge in [-0.25, -0.2) is 4.98 Å². The molecule has 0 aliphatic heterocycles. The summed E-state index contributed by atoms with van der Waals surface area (Å²) < 4.78 is 0. The van der Waals surface area contributed by atoms with Crippen LogP contribution in [0.4, 0.5) is 11.5 Å². The molecule has 0 saturated heterocycles. The van der Waals surface area contributed by atoms with Gasteiger partial charge in [-0.15, -0.1) is 0 Å². The number of pyridine rings is 1. The largest absolute Gasteiger partial charge is 0.372 e. The number of nitrogens with one attached hydrogen (secondary N) is 2. The number of carbonyl (C=O) groups is 1. The highest BCUT2D eigenvalue weighted by atomic mass is 16.6. The lowest BCUT2D eigenvalue weighted by molar-refractivity contribution is -0.385. The van der Waals surface area contributed by atoms with E-state index in [1.165, 1.54) is 6.07 Å². The Morgan fingerprint density at radius 1 is 1.43 bits per heavy atom. The Morgan fingerprint density at radius 2 is 2.14 bits per heavy atom. The maximum Gasteiger partial charge on any atom is 0.288 e. The van der Waals surface area contributed by atoms with E-state index in [4.69, 9.17) is 0 Å². The van der Waals surface area contributed by atoms with Gasteiger partial charge in [-0.2, -0.15) is 0 Å². The van der Waals surface area contributed by atoms with Crippen molar-refractivity contribution in [2.24, 2.45) is 11.8 Å². The number of hydrogen-bond acceptors (Lipinski definition) is 5. The quantitative estimate of drug-likeness (QED) is 0.655. The van der Waals surface area contributed by atoms with Gasteiger partial charge >= 0.3 is 0 Å². The molecule has 0 radical (unpaired) electrons. The lowest BCUT2D eigenvalue weighted by Gasteiger charge is -2.20. The molecule has 7 nitrogen and oxygen atoms in total. The summed E-state index contributed by atoms with van der Waals surface area (Å²) in [7, 11) is 1.63. The van der Waals surface area contributed by atoms with Gasteiger partial charge < -0.3 is 10.6 Å². The zero-order valence-electron chi connectivity index (χ0n) is 12.4. The highest BCUT2D eigenvalue weighted by molar-refractivity contribution is 5.99. The van der Waals surface area contributed by atoms with Crippen molar-refractivity contribution in [3.63, 3.8) is 0 Å². The first kappa shape index (κ1) is 15.2. The monoisotopic (exact) mass is 292 g/mol. The highest BCUT2D eigenvalue weighted by Crippen LogP contribution is 2.31. The molecule has 1 amide bonds. The molecule has 1 heterocycles. The molecule has 7 heteroatoms. The topological polar surface area (TPSA) is 97.2 Å². The molecule has 114 valence electrons. The summed E-state index contributed by atoms with van der Waals surface area (Å²) in [4.78, 5) is 26.6. The SMILES string of the molecule is CNc1ncc([N+](=O)[O-])cc1C(=O)NC1CCC(C)C1C. The number of aromatic nitrogens is 1. The molecule has 1 saturated carbocycles. The van der Waals surface area contributed by atoms with Crippen LogP contribution in [-0.2, 0) is 0 Å². The first-order chi connectivity index (χ1) is 9.93. The summed E-state index contributed by atoms with van der Waals surface area (Å²) in [5.41, 5.74) is 0.0189. The van der Waals surface area contributed by atoms with Crippen molar-refractivity contribution in [1.82, 2.24) is 10.3 Å². The molecular weight excluding hydrogens is 272 g/mol. The van der Waals surface area contributed by atoms with Crippen LogP contribution in [0, 0.1) is 22.0 Å². The number of amides is 1. The van der Waals surface area contributed by atoms with Gasteiger partial charge in [-0.05, 0) is 24.7 Å². The van der Waals surface area contributed by atoms with Crippen molar-refractivity contribution in [3.8, 4) is 0 Å². The number of nitrogens with zero attached hydrogens (tertiary/aromatic N) is 2. The minimum absolute atomic E-state index is 0.108. The number of anilines is 1. The van der Waals surface area contributed by atoms with E-state index in [-0.39, 0.29) is 23.2 Å². The summed E-state index contributed by atoms with van der Waals surface area (Å²) in [6.45, 7) is 4.29. The van der Waals surface area contributed by atoms with Crippen LogP contribution in [-0.4, -0.2) is 28.9 Å². The molecule has 1 fully saturated rings. The molecule has 21 heavy (non-hydrogen) atoms. The summed E-state index contributed by atoms with van der Waals surface area (Å²) in [6.07, 6.45) is 3.16. The third-order valence-electron chi connectivity index (χ3n) is 4.35.